The van der Waals surface area contributed by atoms with Crippen LogP contribution in [0, 0.1) is 0 Å². The summed E-state index contributed by atoms with van der Waals surface area (Å²) in [5, 5.41) is 1.53. The number of nitrogens with one attached hydrogen (secondary N) is 1. The van der Waals surface area contributed by atoms with Crippen molar-refractivity contribution in [2.45, 2.75) is 12.7 Å². The van der Waals surface area contributed by atoms with E-state index in [0.29, 0.717) is 17.0 Å². The first kappa shape index (κ1) is 27.0. The summed E-state index contributed by atoms with van der Waals surface area (Å²) in [7, 11) is -1.68. The van der Waals surface area contributed by atoms with Gasteiger partial charge in [-0.05, 0) is 29.8 Å². The molecule has 1 heterocycles. The van der Waals surface area contributed by atoms with Gasteiger partial charge in [0.1, 0.15) is 5.75 Å². The van der Waals surface area contributed by atoms with Gasteiger partial charge in [0.05, 0.1) is 31.7 Å². The van der Waals surface area contributed by atoms with Gasteiger partial charge in [-0.3, -0.25) is 14.5 Å². The fraction of sp³-hybridized carbons (Fsp3) is 0.348. The highest BCUT2D eigenvalue weighted by molar-refractivity contribution is 7.91. The van der Waals surface area contributed by atoms with Crippen molar-refractivity contribution < 1.29 is 40.7 Å². The number of benzene rings is 2. The molecule has 0 bridgehead atoms. The SMILES string of the molecule is COc1ccc(N(Cc2ccc(C(=O)CNC(=O)C(F)(F)F)cc2)C(=O)N2CCS(=O)(=O)CC2)cc1. The highest BCUT2D eigenvalue weighted by Crippen LogP contribution is 2.24. The molecule has 0 radical (unpaired) electrons. The van der Waals surface area contributed by atoms with Crippen LogP contribution in [0.4, 0.5) is 23.7 Å². The molecule has 1 N–H and O–H groups in total. The Morgan fingerprint density at radius 1 is 1.00 bits per heavy atom. The van der Waals surface area contributed by atoms with Crippen LogP contribution in [0.2, 0.25) is 0 Å². The van der Waals surface area contributed by atoms with Gasteiger partial charge in [0.2, 0.25) is 0 Å². The van der Waals surface area contributed by atoms with Crippen molar-refractivity contribution >= 4 is 33.2 Å². The molecule has 0 spiro atoms. The van der Waals surface area contributed by atoms with Gasteiger partial charge in [0, 0.05) is 24.3 Å². The second-order valence-corrected chi connectivity index (χ2v) is 10.3. The quantitative estimate of drug-likeness (QED) is 0.554. The van der Waals surface area contributed by atoms with Gasteiger partial charge < -0.3 is 15.0 Å². The summed E-state index contributed by atoms with van der Waals surface area (Å²) < 4.78 is 65.6. The summed E-state index contributed by atoms with van der Waals surface area (Å²) in [6.45, 7) is -0.616. The predicted octanol–water partition coefficient (Wildman–Crippen LogP) is 2.41. The number of hydrogen-bond donors (Lipinski definition) is 1. The lowest BCUT2D eigenvalue weighted by molar-refractivity contribution is -0.173. The van der Waals surface area contributed by atoms with Crippen molar-refractivity contribution in [2.24, 2.45) is 0 Å². The van der Waals surface area contributed by atoms with Gasteiger partial charge >= 0.3 is 18.1 Å². The smallest absolute Gasteiger partial charge is 0.471 e. The van der Waals surface area contributed by atoms with Crippen molar-refractivity contribution in [2.75, 3.05) is 43.1 Å². The van der Waals surface area contributed by atoms with E-state index >= 15 is 0 Å². The van der Waals surface area contributed by atoms with Crippen molar-refractivity contribution in [3.63, 3.8) is 0 Å². The third-order valence-corrected chi connectivity index (χ3v) is 7.12. The molecule has 9 nitrogen and oxygen atoms in total. The molecule has 1 aliphatic heterocycles. The number of carbonyl (C=O) groups is 3. The molecule has 1 fully saturated rings. The third-order valence-electron chi connectivity index (χ3n) is 5.51. The minimum Gasteiger partial charge on any atom is -0.497 e. The number of carbonyl (C=O) groups excluding carboxylic acids is 3. The number of urea groups is 1. The van der Waals surface area contributed by atoms with Crippen LogP contribution in [0.15, 0.2) is 48.5 Å². The minimum atomic E-state index is -5.08. The second kappa shape index (κ2) is 11.0. The van der Waals surface area contributed by atoms with Crippen LogP contribution in [0.3, 0.4) is 0 Å². The average Bonchev–Trinajstić information content (AvgIpc) is 2.85. The van der Waals surface area contributed by atoms with Crippen molar-refractivity contribution in [1.82, 2.24) is 10.2 Å². The van der Waals surface area contributed by atoms with Crippen molar-refractivity contribution in [3.05, 3.63) is 59.7 Å². The number of alkyl halides is 3. The molecule has 0 aliphatic carbocycles. The molecule has 0 atom stereocenters. The van der Waals surface area contributed by atoms with E-state index in [1.165, 1.54) is 34.4 Å². The topological polar surface area (TPSA) is 113 Å². The zero-order chi connectivity index (χ0) is 26.5. The van der Waals surface area contributed by atoms with Gasteiger partial charge in [-0.15, -0.1) is 0 Å². The van der Waals surface area contributed by atoms with Crippen LogP contribution in [-0.2, 0) is 21.2 Å². The molecule has 13 heteroatoms. The Bertz CT molecular complexity index is 1200. The lowest BCUT2D eigenvalue weighted by Gasteiger charge is -2.33. The first-order chi connectivity index (χ1) is 16.9. The maximum atomic E-state index is 13.3. The lowest BCUT2D eigenvalue weighted by atomic mass is 10.1. The Morgan fingerprint density at radius 3 is 2.11 bits per heavy atom. The molecule has 2 aromatic carbocycles. The number of ketones is 1. The summed E-state index contributed by atoms with van der Waals surface area (Å²) >= 11 is 0. The zero-order valence-electron chi connectivity index (χ0n) is 19.2. The largest absolute Gasteiger partial charge is 0.497 e. The minimum absolute atomic E-state index is 0.0604. The number of methoxy groups -OCH3 is 1. The van der Waals surface area contributed by atoms with E-state index in [9.17, 15) is 36.0 Å². The summed E-state index contributed by atoms with van der Waals surface area (Å²) in [6.07, 6.45) is -5.08. The maximum absolute atomic E-state index is 13.3. The molecule has 1 saturated heterocycles. The summed E-state index contributed by atoms with van der Waals surface area (Å²) in [6, 6.07) is 12.2. The fourth-order valence-corrected chi connectivity index (χ4v) is 4.65. The first-order valence-electron chi connectivity index (χ1n) is 10.8. The Hall–Kier alpha value is -3.61. The van der Waals surface area contributed by atoms with E-state index in [1.54, 1.807) is 36.4 Å². The van der Waals surface area contributed by atoms with Crippen LogP contribution < -0.4 is 15.0 Å². The van der Waals surface area contributed by atoms with E-state index in [2.05, 4.69) is 0 Å². The molecule has 0 aromatic heterocycles. The molecule has 0 saturated carbocycles. The van der Waals surface area contributed by atoms with Gasteiger partial charge in [-0.2, -0.15) is 13.2 Å². The molecule has 3 rings (SSSR count). The van der Waals surface area contributed by atoms with Gasteiger partial charge in [0.15, 0.2) is 15.6 Å². The number of nitrogens with zero attached hydrogens (tertiary/aromatic N) is 2. The number of ether oxygens (including phenoxy) is 1. The van der Waals surface area contributed by atoms with E-state index in [1.807, 2.05) is 0 Å². The number of amides is 3. The number of anilines is 1. The van der Waals surface area contributed by atoms with Crippen LogP contribution in [-0.4, -0.2) is 75.5 Å². The van der Waals surface area contributed by atoms with Gasteiger partial charge in [-0.25, -0.2) is 13.2 Å². The Labute approximate surface area is 205 Å². The Balaban J connectivity index is 1.75. The molecule has 0 unspecified atom stereocenters. The standard InChI is InChI=1S/C23H24F3N3O6S/c1-35-19-8-6-18(7-9-19)29(22(32)28-10-12-36(33,34)13-11-28)15-16-2-4-17(5-3-16)20(30)14-27-21(31)23(24,25)26/h2-9H,10-15H2,1H3,(H,27,31). The Morgan fingerprint density at radius 2 is 1.58 bits per heavy atom. The lowest BCUT2D eigenvalue weighted by Crippen LogP contribution is -2.49. The molecule has 1 aliphatic rings. The van der Waals surface area contributed by atoms with Crippen molar-refractivity contribution in [3.8, 4) is 5.75 Å². The normalized spacial score (nSPS) is 15.2. The highest BCUT2D eigenvalue weighted by Gasteiger charge is 2.38. The highest BCUT2D eigenvalue weighted by atomic mass is 32.2. The number of sulfone groups is 1. The maximum Gasteiger partial charge on any atom is 0.471 e. The fourth-order valence-electron chi connectivity index (χ4n) is 3.45. The van der Waals surface area contributed by atoms with Crippen molar-refractivity contribution in [1.29, 1.82) is 0 Å². The van der Waals surface area contributed by atoms with Crippen LogP contribution in [0.5, 0.6) is 5.75 Å². The molecule has 2 aromatic rings. The van der Waals surface area contributed by atoms with Gasteiger partial charge in [-0.1, -0.05) is 24.3 Å². The average molecular weight is 528 g/mol. The van der Waals surface area contributed by atoms with E-state index in [-0.39, 0.29) is 36.7 Å². The number of rotatable bonds is 7. The van der Waals surface area contributed by atoms with E-state index in [4.69, 9.17) is 4.74 Å². The van der Waals surface area contributed by atoms with Gasteiger partial charge in [0.25, 0.3) is 0 Å². The van der Waals surface area contributed by atoms with E-state index in [0.717, 1.165) is 0 Å². The predicted molar refractivity (Wildman–Crippen MR) is 125 cm³/mol. The zero-order valence-corrected chi connectivity index (χ0v) is 20.1. The molecular formula is C23H24F3N3O6S. The molecule has 36 heavy (non-hydrogen) atoms. The summed E-state index contributed by atoms with van der Waals surface area (Å²) in [5.41, 5.74) is 1.23. The molecule has 3 amide bonds. The Kier molecular flexibility index (Phi) is 8.23. The van der Waals surface area contributed by atoms with E-state index < -0.39 is 40.3 Å². The number of hydrogen-bond acceptors (Lipinski definition) is 6. The molecule has 194 valence electrons. The number of halogens is 3. The first-order valence-corrected chi connectivity index (χ1v) is 12.6. The summed E-state index contributed by atoms with van der Waals surface area (Å²) in [4.78, 5) is 39.3. The van der Waals surface area contributed by atoms with Crippen LogP contribution in [0.25, 0.3) is 0 Å². The number of Topliss-reactive ketones (excluding diaryl/α,β-unsaturated/α-hetero) is 1. The van der Waals surface area contributed by atoms with Crippen LogP contribution in [0.1, 0.15) is 15.9 Å². The second-order valence-electron chi connectivity index (χ2n) is 8.01. The summed E-state index contributed by atoms with van der Waals surface area (Å²) in [5.74, 6) is -2.59. The van der Waals surface area contributed by atoms with Crippen LogP contribution >= 0.6 is 0 Å². The molecular weight excluding hydrogens is 503 g/mol. The monoisotopic (exact) mass is 527 g/mol. The third kappa shape index (κ3) is 6.97.